The van der Waals surface area contributed by atoms with Crippen LogP contribution in [0.15, 0.2) is 6.33 Å². The van der Waals surface area contributed by atoms with E-state index >= 15 is 0 Å². The van der Waals surface area contributed by atoms with Gasteiger partial charge in [0.25, 0.3) is 0 Å². The molecule has 0 spiro atoms. The normalized spacial score (nSPS) is 20.4. The summed E-state index contributed by atoms with van der Waals surface area (Å²) in [6, 6.07) is 0.144. The number of aromatic nitrogens is 3. The molecule has 4 heteroatoms. The van der Waals surface area contributed by atoms with E-state index in [0.717, 1.165) is 12.4 Å². The van der Waals surface area contributed by atoms with Crippen molar-refractivity contribution in [3.8, 4) is 0 Å². The van der Waals surface area contributed by atoms with Crippen LogP contribution in [0.25, 0.3) is 0 Å². The third kappa shape index (κ3) is 2.78. The molecule has 15 heavy (non-hydrogen) atoms. The molecule has 1 aliphatic carbocycles. The third-order valence-corrected chi connectivity index (χ3v) is 3.00. The maximum Gasteiger partial charge on any atom is 0.153 e. The van der Waals surface area contributed by atoms with Crippen LogP contribution < -0.4 is 5.73 Å². The van der Waals surface area contributed by atoms with Crippen LogP contribution in [0.1, 0.15) is 50.8 Å². The van der Waals surface area contributed by atoms with Crippen molar-refractivity contribution >= 4 is 0 Å². The van der Waals surface area contributed by atoms with Crippen LogP contribution in [-0.2, 0) is 6.54 Å². The molecule has 4 nitrogen and oxygen atoms in total. The zero-order valence-corrected chi connectivity index (χ0v) is 9.39. The summed E-state index contributed by atoms with van der Waals surface area (Å²) in [7, 11) is 0. The van der Waals surface area contributed by atoms with E-state index in [4.69, 9.17) is 5.73 Å². The Hall–Kier alpha value is -0.900. The lowest BCUT2D eigenvalue weighted by Gasteiger charge is -2.18. The molecule has 1 fully saturated rings. The van der Waals surface area contributed by atoms with Crippen molar-refractivity contribution < 1.29 is 0 Å². The number of hydrogen-bond donors (Lipinski definition) is 1. The van der Waals surface area contributed by atoms with Crippen LogP contribution in [0.2, 0.25) is 0 Å². The number of rotatable bonds is 3. The van der Waals surface area contributed by atoms with Crippen molar-refractivity contribution in [1.29, 1.82) is 0 Å². The van der Waals surface area contributed by atoms with Gasteiger partial charge in [-0.2, -0.15) is 5.10 Å². The van der Waals surface area contributed by atoms with Crippen molar-refractivity contribution in [3.63, 3.8) is 0 Å². The topological polar surface area (TPSA) is 56.7 Å². The standard InChI is InChI=1S/C11H20N4/c1-9(12)7-15-8-13-11(14-15)10-5-3-2-4-6-10/h8-10H,2-7,12H2,1H3. The quantitative estimate of drug-likeness (QED) is 0.822. The van der Waals surface area contributed by atoms with Gasteiger partial charge in [-0.05, 0) is 19.8 Å². The maximum atomic E-state index is 5.72. The van der Waals surface area contributed by atoms with Crippen molar-refractivity contribution in [2.45, 2.75) is 57.5 Å². The van der Waals surface area contributed by atoms with E-state index in [-0.39, 0.29) is 6.04 Å². The third-order valence-electron chi connectivity index (χ3n) is 3.00. The van der Waals surface area contributed by atoms with E-state index in [0.29, 0.717) is 5.92 Å². The first-order valence-corrected chi connectivity index (χ1v) is 5.90. The summed E-state index contributed by atoms with van der Waals surface area (Å²) in [6.07, 6.45) is 8.34. The minimum Gasteiger partial charge on any atom is -0.326 e. The van der Waals surface area contributed by atoms with Crippen LogP contribution >= 0.6 is 0 Å². The first-order chi connectivity index (χ1) is 7.25. The van der Waals surface area contributed by atoms with Gasteiger partial charge in [-0.3, -0.25) is 4.68 Å². The van der Waals surface area contributed by atoms with E-state index in [1.807, 2.05) is 17.9 Å². The zero-order chi connectivity index (χ0) is 10.7. The van der Waals surface area contributed by atoms with Crippen LogP contribution in [0, 0.1) is 0 Å². The van der Waals surface area contributed by atoms with Crippen LogP contribution in [0.4, 0.5) is 0 Å². The molecule has 1 aromatic rings. The predicted octanol–water partition coefficient (Wildman–Crippen LogP) is 1.67. The van der Waals surface area contributed by atoms with Gasteiger partial charge in [0.2, 0.25) is 0 Å². The highest BCUT2D eigenvalue weighted by Gasteiger charge is 2.19. The Balaban J connectivity index is 1.99. The van der Waals surface area contributed by atoms with E-state index in [9.17, 15) is 0 Å². The summed E-state index contributed by atoms with van der Waals surface area (Å²) in [5.41, 5.74) is 5.72. The van der Waals surface area contributed by atoms with E-state index in [1.165, 1.54) is 32.1 Å². The van der Waals surface area contributed by atoms with E-state index in [1.54, 1.807) is 0 Å². The molecule has 1 unspecified atom stereocenters. The highest BCUT2D eigenvalue weighted by molar-refractivity contribution is 4.95. The van der Waals surface area contributed by atoms with E-state index < -0.39 is 0 Å². The molecule has 2 N–H and O–H groups in total. The lowest BCUT2D eigenvalue weighted by molar-refractivity contribution is 0.424. The highest BCUT2D eigenvalue weighted by atomic mass is 15.3. The van der Waals surface area contributed by atoms with Gasteiger partial charge >= 0.3 is 0 Å². The Morgan fingerprint density at radius 3 is 2.87 bits per heavy atom. The molecule has 0 radical (unpaired) electrons. The van der Waals surface area contributed by atoms with E-state index in [2.05, 4.69) is 10.1 Å². The number of nitrogens with zero attached hydrogens (tertiary/aromatic N) is 3. The van der Waals surface area contributed by atoms with Crippen LogP contribution in [0.3, 0.4) is 0 Å². The molecule has 0 bridgehead atoms. The fourth-order valence-corrected chi connectivity index (χ4v) is 2.24. The zero-order valence-electron chi connectivity index (χ0n) is 9.39. The molecule has 0 aromatic carbocycles. The van der Waals surface area contributed by atoms with Crippen molar-refractivity contribution in [2.24, 2.45) is 5.73 Å². The van der Waals surface area contributed by atoms with Gasteiger partial charge in [0.05, 0.1) is 6.54 Å². The molecular formula is C11H20N4. The van der Waals surface area contributed by atoms with Crippen LogP contribution in [0.5, 0.6) is 0 Å². The lowest BCUT2D eigenvalue weighted by Crippen LogP contribution is -2.22. The lowest BCUT2D eigenvalue weighted by atomic mass is 9.89. The maximum absolute atomic E-state index is 5.72. The van der Waals surface area contributed by atoms with Gasteiger partial charge < -0.3 is 5.73 Å². The molecule has 0 aliphatic heterocycles. The van der Waals surface area contributed by atoms with Crippen molar-refractivity contribution in [3.05, 3.63) is 12.2 Å². The van der Waals surface area contributed by atoms with Gasteiger partial charge in [-0.25, -0.2) is 4.98 Å². The van der Waals surface area contributed by atoms with Gasteiger partial charge in [-0.15, -0.1) is 0 Å². The summed E-state index contributed by atoms with van der Waals surface area (Å²) < 4.78 is 1.87. The predicted molar refractivity (Wildman–Crippen MR) is 59.5 cm³/mol. The van der Waals surface area contributed by atoms with Gasteiger partial charge in [0.15, 0.2) is 5.82 Å². The fraction of sp³-hybridized carbons (Fsp3) is 0.818. The van der Waals surface area contributed by atoms with Crippen LogP contribution in [-0.4, -0.2) is 20.8 Å². The van der Waals surface area contributed by atoms with Gasteiger partial charge in [0.1, 0.15) is 6.33 Å². The SMILES string of the molecule is CC(N)Cn1cnc(C2CCCCC2)n1. The minimum absolute atomic E-state index is 0.144. The van der Waals surface area contributed by atoms with Crippen molar-refractivity contribution in [1.82, 2.24) is 14.8 Å². The summed E-state index contributed by atoms with van der Waals surface area (Å²) >= 11 is 0. The Morgan fingerprint density at radius 1 is 1.47 bits per heavy atom. The molecule has 0 saturated heterocycles. The Labute approximate surface area is 90.9 Å². The Morgan fingerprint density at radius 2 is 2.20 bits per heavy atom. The summed E-state index contributed by atoms with van der Waals surface area (Å²) in [5.74, 6) is 1.61. The number of nitrogens with two attached hydrogens (primary N) is 1. The summed E-state index contributed by atoms with van der Waals surface area (Å²) in [4.78, 5) is 4.39. The second-order valence-corrected chi connectivity index (χ2v) is 4.64. The molecule has 0 amide bonds. The fourth-order valence-electron chi connectivity index (χ4n) is 2.24. The molecule has 1 saturated carbocycles. The largest absolute Gasteiger partial charge is 0.326 e. The second-order valence-electron chi connectivity index (χ2n) is 4.64. The number of hydrogen-bond acceptors (Lipinski definition) is 3. The first-order valence-electron chi connectivity index (χ1n) is 5.90. The average Bonchev–Trinajstić information content (AvgIpc) is 2.67. The second kappa shape index (κ2) is 4.75. The monoisotopic (exact) mass is 208 g/mol. The molecule has 1 aromatic heterocycles. The Bertz CT molecular complexity index is 299. The Kier molecular flexibility index (Phi) is 3.36. The summed E-state index contributed by atoms with van der Waals surface area (Å²) in [6.45, 7) is 2.75. The van der Waals surface area contributed by atoms with Crippen molar-refractivity contribution in [2.75, 3.05) is 0 Å². The molecule has 1 aliphatic rings. The molecular weight excluding hydrogens is 188 g/mol. The average molecular weight is 208 g/mol. The van der Waals surface area contributed by atoms with Gasteiger partial charge in [-0.1, -0.05) is 19.3 Å². The first kappa shape index (κ1) is 10.6. The molecule has 2 rings (SSSR count). The summed E-state index contributed by atoms with van der Waals surface area (Å²) in [5, 5.41) is 4.50. The molecule has 1 atom stereocenters. The molecule has 84 valence electrons. The minimum atomic E-state index is 0.144. The highest BCUT2D eigenvalue weighted by Crippen LogP contribution is 2.30. The van der Waals surface area contributed by atoms with Gasteiger partial charge in [0, 0.05) is 12.0 Å². The molecule has 1 heterocycles. The smallest absolute Gasteiger partial charge is 0.153 e.